The van der Waals surface area contributed by atoms with Gasteiger partial charge in [0.05, 0.1) is 18.0 Å². The van der Waals surface area contributed by atoms with Gasteiger partial charge in [0.1, 0.15) is 5.82 Å². The van der Waals surface area contributed by atoms with E-state index in [2.05, 4.69) is 28.9 Å². The molecule has 0 radical (unpaired) electrons. The smallest absolute Gasteiger partial charge is 0.132 e. The summed E-state index contributed by atoms with van der Waals surface area (Å²) >= 11 is 0. The summed E-state index contributed by atoms with van der Waals surface area (Å²) in [5.74, 6) is -0.269. The maximum absolute atomic E-state index is 13.9. The fraction of sp³-hybridized carbons (Fsp3) is 0.438. The number of aliphatic hydroxyl groups is 1. The van der Waals surface area contributed by atoms with Crippen LogP contribution in [-0.4, -0.2) is 38.9 Å². The molecular weight excluding hydrogens is 269 g/mol. The van der Waals surface area contributed by atoms with Crippen molar-refractivity contribution in [3.8, 4) is 11.3 Å². The molecule has 1 heterocycles. The van der Waals surface area contributed by atoms with Crippen molar-refractivity contribution in [2.24, 2.45) is 0 Å². The molecule has 114 valence electrons. The van der Waals surface area contributed by atoms with Gasteiger partial charge in [-0.2, -0.15) is 5.10 Å². The summed E-state index contributed by atoms with van der Waals surface area (Å²) in [6, 6.07) is 6.93. The number of halogens is 1. The molecule has 0 amide bonds. The zero-order valence-corrected chi connectivity index (χ0v) is 12.7. The van der Waals surface area contributed by atoms with Crippen molar-refractivity contribution >= 4 is 0 Å². The summed E-state index contributed by atoms with van der Waals surface area (Å²) in [5, 5.41) is 16.5. The molecule has 2 N–H and O–H groups in total. The van der Waals surface area contributed by atoms with Crippen molar-refractivity contribution in [2.45, 2.75) is 39.5 Å². The Balaban J connectivity index is 2.26. The summed E-state index contributed by atoms with van der Waals surface area (Å²) in [6.07, 6.45) is 1.32. The molecule has 2 rings (SSSR count). The number of aromatic nitrogens is 2. The van der Waals surface area contributed by atoms with E-state index < -0.39 is 6.10 Å². The lowest BCUT2D eigenvalue weighted by Gasteiger charge is -2.27. The number of benzene rings is 1. The number of nitrogens with one attached hydrogen (secondary N) is 1. The van der Waals surface area contributed by atoms with Crippen molar-refractivity contribution in [2.75, 3.05) is 6.54 Å². The molecule has 1 atom stereocenters. The molecule has 21 heavy (non-hydrogen) atoms. The Labute approximate surface area is 124 Å². The number of rotatable bonds is 6. The molecule has 2 aromatic rings. The van der Waals surface area contributed by atoms with Gasteiger partial charge in [0.15, 0.2) is 0 Å². The minimum absolute atomic E-state index is 0.269. The summed E-state index contributed by atoms with van der Waals surface area (Å²) in [7, 11) is 0. The maximum atomic E-state index is 13.9. The maximum Gasteiger partial charge on any atom is 0.132 e. The molecule has 1 unspecified atom stereocenters. The quantitative estimate of drug-likeness (QED) is 0.860. The van der Waals surface area contributed by atoms with E-state index >= 15 is 0 Å². The molecule has 0 aliphatic carbocycles. The van der Waals surface area contributed by atoms with E-state index in [1.807, 2.05) is 0 Å². The van der Waals surface area contributed by atoms with Gasteiger partial charge in [-0.05, 0) is 32.9 Å². The first-order valence-corrected chi connectivity index (χ1v) is 7.18. The zero-order valence-electron chi connectivity index (χ0n) is 12.7. The van der Waals surface area contributed by atoms with Crippen LogP contribution < -0.4 is 0 Å². The molecule has 5 heteroatoms. The summed E-state index contributed by atoms with van der Waals surface area (Å²) in [6.45, 7) is 7.10. The van der Waals surface area contributed by atoms with Crippen molar-refractivity contribution in [3.05, 3.63) is 41.8 Å². The minimum Gasteiger partial charge on any atom is -0.392 e. The van der Waals surface area contributed by atoms with E-state index in [9.17, 15) is 9.50 Å². The second-order valence-corrected chi connectivity index (χ2v) is 5.62. The number of hydrogen-bond acceptors (Lipinski definition) is 3. The second kappa shape index (κ2) is 6.83. The first-order valence-electron chi connectivity index (χ1n) is 7.18. The van der Waals surface area contributed by atoms with Crippen molar-refractivity contribution in [1.82, 2.24) is 15.1 Å². The summed E-state index contributed by atoms with van der Waals surface area (Å²) < 4.78 is 13.9. The summed E-state index contributed by atoms with van der Waals surface area (Å²) in [5.41, 5.74) is 2.14. The van der Waals surface area contributed by atoms with Gasteiger partial charge in [-0.25, -0.2) is 4.39 Å². The van der Waals surface area contributed by atoms with E-state index in [1.54, 1.807) is 31.3 Å². The van der Waals surface area contributed by atoms with E-state index in [4.69, 9.17) is 0 Å². The lowest BCUT2D eigenvalue weighted by molar-refractivity contribution is 0.103. The topological polar surface area (TPSA) is 52.1 Å². The normalized spacial score (nSPS) is 13.1. The lowest BCUT2D eigenvalue weighted by atomic mass is 10.1. The Kier molecular flexibility index (Phi) is 5.09. The molecule has 0 aliphatic rings. The molecule has 4 nitrogen and oxygen atoms in total. The molecule has 1 aromatic heterocycles. The minimum atomic E-state index is -0.406. The highest BCUT2D eigenvalue weighted by Crippen LogP contribution is 2.25. The molecular formula is C16H22FN3O. The van der Waals surface area contributed by atoms with Crippen LogP contribution in [0.2, 0.25) is 0 Å². The predicted octanol–water partition coefficient (Wildman–Crippen LogP) is 2.81. The average molecular weight is 291 g/mol. The first kappa shape index (κ1) is 15.7. The number of nitrogens with zero attached hydrogens (tertiary/aromatic N) is 2. The molecule has 0 spiro atoms. The monoisotopic (exact) mass is 291 g/mol. The molecule has 0 saturated heterocycles. The van der Waals surface area contributed by atoms with Crippen LogP contribution in [0.1, 0.15) is 26.3 Å². The number of aliphatic hydroxyl groups excluding tert-OH is 1. The molecule has 0 fully saturated rings. The lowest BCUT2D eigenvalue weighted by Crippen LogP contribution is -2.36. The van der Waals surface area contributed by atoms with Gasteiger partial charge in [-0.1, -0.05) is 12.1 Å². The van der Waals surface area contributed by atoms with E-state index in [-0.39, 0.29) is 11.9 Å². The van der Waals surface area contributed by atoms with Crippen LogP contribution in [0.25, 0.3) is 11.3 Å². The van der Waals surface area contributed by atoms with Gasteiger partial charge in [0, 0.05) is 30.3 Å². The van der Waals surface area contributed by atoms with Crippen molar-refractivity contribution in [3.63, 3.8) is 0 Å². The van der Waals surface area contributed by atoms with Gasteiger partial charge in [0.2, 0.25) is 0 Å². The third-order valence-corrected chi connectivity index (χ3v) is 3.46. The highest BCUT2D eigenvalue weighted by molar-refractivity contribution is 5.63. The van der Waals surface area contributed by atoms with Crippen LogP contribution in [0.15, 0.2) is 30.5 Å². The highest BCUT2D eigenvalue weighted by atomic mass is 19.1. The molecule has 1 aromatic carbocycles. The predicted molar refractivity (Wildman–Crippen MR) is 81.2 cm³/mol. The van der Waals surface area contributed by atoms with Crippen LogP contribution in [-0.2, 0) is 6.54 Å². The highest BCUT2D eigenvalue weighted by Gasteiger charge is 2.17. The van der Waals surface area contributed by atoms with Gasteiger partial charge in [-0.15, -0.1) is 0 Å². The number of aromatic amines is 1. The second-order valence-electron chi connectivity index (χ2n) is 5.62. The molecule has 0 bridgehead atoms. The van der Waals surface area contributed by atoms with Crippen LogP contribution in [0.4, 0.5) is 4.39 Å². The van der Waals surface area contributed by atoms with E-state index in [0.29, 0.717) is 24.3 Å². The third-order valence-electron chi connectivity index (χ3n) is 3.46. The van der Waals surface area contributed by atoms with Crippen LogP contribution in [0.3, 0.4) is 0 Å². The van der Waals surface area contributed by atoms with Gasteiger partial charge in [-0.3, -0.25) is 10.00 Å². The number of hydrogen-bond donors (Lipinski definition) is 2. The Morgan fingerprint density at radius 2 is 2.00 bits per heavy atom. The average Bonchev–Trinajstić information content (AvgIpc) is 2.86. The largest absolute Gasteiger partial charge is 0.392 e. The van der Waals surface area contributed by atoms with Gasteiger partial charge < -0.3 is 5.11 Å². The Morgan fingerprint density at radius 1 is 1.29 bits per heavy atom. The fourth-order valence-electron chi connectivity index (χ4n) is 2.34. The first-order chi connectivity index (χ1) is 9.99. The zero-order chi connectivity index (χ0) is 15.4. The van der Waals surface area contributed by atoms with Gasteiger partial charge >= 0.3 is 0 Å². The Bertz CT molecular complexity index is 580. The van der Waals surface area contributed by atoms with Crippen molar-refractivity contribution in [1.29, 1.82) is 0 Å². The van der Waals surface area contributed by atoms with E-state index in [1.165, 1.54) is 6.07 Å². The van der Waals surface area contributed by atoms with Crippen LogP contribution in [0.5, 0.6) is 0 Å². The van der Waals surface area contributed by atoms with Crippen LogP contribution in [0, 0.1) is 5.82 Å². The Morgan fingerprint density at radius 3 is 2.62 bits per heavy atom. The fourth-order valence-corrected chi connectivity index (χ4v) is 2.34. The SMILES string of the molecule is CC(O)CN(Cc1cn[nH]c1-c1ccccc1F)C(C)C. The standard InChI is InChI=1S/C16H22FN3O/c1-11(2)20(9-12(3)21)10-13-8-18-19-16(13)14-6-4-5-7-15(14)17/h4-8,11-12,21H,9-10H2,1-3H3,(H,18,19). The third kappa shape index (κ3) is 3.89. The van der Waals surface area contributed by atoms with E-state index in [0.717, 1.165) is 5.56 Å². The molecule has 0 aliphatic heterocycles. The molecule has 0 saturated carbocycles. The van der Waals surface area contributed by atoms with Gasteiger partial charge in [0.25, 0.3) is 0 Å². The summed E-state index contributed by atoms with van der Waals surface area (Å²) in [4.78, 5) is 2.14. The Hall–Kier alpha value is -1.72. The van der Waals surface area contributed by atoms with Crippen molar-refractivity contribution < 1.29 is 9.50 Å². The van der Waals surface area contributed by atoms with Crippen LogP contribution >= 0.6 is 0 Å². The number of H-pyrrole nitrogens is 1.